The Hall–Kier alpha value is -1.55. The number of methoxy groups -OCH3 is 1. The highest BCUT2D eigenvalue weighted by Crippen LogP contribution is 2.04. The van der Waals surface area contributed by atoms with E-state index >= 15 is 0 Å². The van der Waals surface area contributed by atoms with E-state index in [0.717, 1.165) is 5.69 Å². The molecule has 1 aromatic rings. The summed E-state index contributed by atoms with van der Waals surface area (Å²) in [6.45, 7) is 2.39. The molecule has 4 nitrogen and oxygen atoms in total. The van der Waals surface area contributed by atoms with Crippen LogP contribution in [-0.4, -0.2) is 25.8 Å². The molecule has 0 fully saturated rings. The highest BCUT2D eigenvalue weighted by atomic mass is 16.5. The van der Waals surface area contributed by atoms with Gasteiger partial charge in [-0.25, -0.2) is 4.79 Å². The van der Waals surface area contributed by atoms with E-state index < -0.39 is 0 Å². The maximum Gasteiger partial charge on any atom is 0.319 e. The number of carbonyl (C=O) groups is 1. The number of carbonyl (C=O) groups excluding carboxylic acids is 1. The molecule has 0 aliphatic rings. The molecule has 1 rings (SSSR count). The third kappa shape index (κ3) is 4.46. The SMILES string of the molecule is COCC(C)NC(=O)Nc1ccccc1. The molecule has 82 valence electrons. The van der Waals surface area contributed by atoms with Crippen LogP contribution in [0.1, 0.15) is 6.92 Å². The molecular formula is C11H16N2O2. The molecule has 0 aliphatic carbocycles. The summed E-state index contributed by atoms with van der Waals surface area (Å²) >= 11 is 0. The molecule has 1 aromatic carbocycles. The molecule has 0 heterocycles. The predicted molar refractivity (Wildman–Crippen MR) is 59.9 cm³/mol. The number of amides is 2. The number of hydrogen-bond donors (Lipinski definition) is 2. The van der Waals surface area contributed by atoms with Crippen molar-refractivity contribution in [3.05, 3.63) is 30.3 Å². The molecule has 15 heavy (non-hydrogen) atoms. The molecule has 0 saturated heterocycles. The van der Waals surface area contributed by atoms with Gasteiger partial charge in [0.15, 0.2) is 0 Å². The van der Waals surface area contributed by atoms with Gasteiger partial charge in [0.25, 0.3) is 0 Å². The number of ether oxygens (including phenoxy) is 1. The van der Waals surface area contributed by atoms with E-state index in [-0.39, 0.29) is 12.1 Å². The van der Waals surface area contributed by atoms with Crippen LogP contribution >= 0.6 is 0 Å². The molecule has 0 radical (unpaired) electrons. The van der Waals surface area contributed by atoms with Gasteiger partial charge in [0, 0.05) is 12.8 Å². The molecule has 1 unspecified atom stereocenters. The van der Waals surface area contributed by atoms with Crippen LogP contribution in [0.5, 0.6) is 0 Å². The summed E-state index contributed by atoms with van der Waals surface area (Å²) in [7, 11) is 1.60. The Morgan fingerprint density at radius 1 is 1.40 bits per heavy atom. The van der Waals surface area contributed by atoms with Crippen LogP contribution < -0.4 is 10.6 Å². The first-order valence-corrected chi connectivity index (χ1v) is 4.84. The first-order chi connectivity index (χ1) is 7.22. The van der Waals surface area contributed by atoms with Crippen LogP contribution in [0.2, 0.25) is 0 Å². The lowest BCUT2D eigenvalue weighted by Crippen LogP contribution is -2.38. The lowest BCUT2D eigenvalue weighted by molar-refractivity contribution is 0.173. The predicted octanol–water partition coefficient (Wildman–Crippen LogP) is 1.84. The zero-order chi connectivity index (χ0) is 11.1. The fraction of sp³-hybridized carbons (Fsp3) is 0.364. The largest absolute Gasteiger partial charge is 0.383 e. The second kappa shape index (κ2) is 6.03. The molecule has 2 amide bonds. The van der Waals surface area contributed by atoms with Crippen molar-refractivity contribution in [2.45, 2.75) is 13.0 Å². The van der Waals surface area contributed by atoms with Crippen molar-refractivity contribution >= 4 is 11.7 Å². The van der Waals surface area contributed by atoms with Crippen molar-refractivity contribution < 1.29 is 9.53 Å². The fourth-order valence-electron chi connectivity index (χ4n) is 1.20. The number of rotatable bonds is 4. The van der Waals surface area contributed by atoms with E-state index in [9.17, 15) is 4.79 Å². The summed E-state index contributed by atoms with van der Waals surface area (Å²) < 4.78 is 4.91. The van der Waals surface area contributed by atoms with Crippen LogP contribution in [0.25, 0.3) is 0 Å². The van der Waals surface area contributed by atoms with Gasteiger partial charge in [-0.2, -0.15) is 0 Å². The highest BCUT2D eigenvalue weighted by molar-refractivity contribution is 5.89. The van der Waals surface area contributed by atoms with Crippen molar-refractivity contribution in [2.75, 3.05) is 19.0 Å². The number of benzene rings is 1. The first kappa shape index (κ1) is 11.5. The van der Waals surface area contributed by atoms with Gasteiger partial charge >= 0.3 is 6.03 Å². The van der Waals surface area contributed by atoms with Gasteiger partial charge in [-0.05, 0) is 19.1 Å². The highest BCUT2D eigenvalue weighted by Gasteiger charge is 2.05. The first-order valence-electron chi connectivity index (χ1n) is 4.84. The Balaban J connectivity index is 2.36. The van der Waals surface area contributed by atoms with Crippen LogP contribution in [-0.2, 0) is 4.74 Å². The zero-order valence-corrected chi connectivity index (χ0v) is 8.99. The Morgan fingerprint density at radius 3 is 2.67 bits per heavy atom. The standard InChI is InChI=1S/C11H16N2O2/c1-9(8-15-2)12-11(14)13-10-6-4-3-5-7-10/h3-7,9H,8H2,1-2H3,(H2,12,13,14). The van der Waals surface area contributed by atoms with Gasteiger partial charge in [-0.15, -0.1) is 0 Å². The third-order valence-corrected chi connectivity index (χ3v) is 1.83. The number of nitrogens with one attached hydrogen (secondary N) is 2. The second-order valence-corrected chi connectivity index (χ2v) is 3.32. The molecule has 4 heteroatoms. The number of anilines is 1. The third-order valence-electron chi connectivity index (χ3n) is 1.83. The zero-order valence-electron chi connectivity index (χ0n) is 8.99. The van der Waals surface area contributed by atoms with Gasteiger partial charge in [-0.3, -0.25) is 0 Å². The van der Waals surface area contributed by atoms with Crippen LogP contribution in [0.3, 0.4) is 0 Å². The summed E-state index contributed by atoms with van der Waals surface area (Å²) in [4.78, 5) is 11.4. The Morgan fingerprint density at radius 2 is 2.07 bits per heavy atom. The summed E-state index contributed by atoms with van der Waals surface area (Å²) in [6, 6.07) is 9.09. The summed E-state index contributed by atoms with van der Waals surface area (Å²) in [5.41, 5.74) is 0.777. The van der Waals surface area contributed by atoms with Gasteiger partial charge in [0.2, 0.25) is 0 Å². The van der Waals surface area contributed by atoms with Crippen molar-refractivity contribution in [2.24, 2.45) is 0 Å². The Labute approximate surface area is 89.6 Å². The average Bonchev–Trinajstić information content (AvgIpc) is 2.19. The number of hydrogen-bond acceptors (Lipinski definition) is 2. The average molecular weight is 208 g/mol. The van der Waals surface area contributed by atoms with Crippen LogP contribution in [0, 0.1) is 0 Å². The topological polar surface area (TPSA) is 50.4 Å². The van der Waals surface area contributed by atoms with Crippen molar-refractivity contribution in [1.82, 2.24) is 5.32 Å². The van der Waals surface area contributed by atoms with E-state index in [2.05, 4.69) is 10.6 Å². The van der Waals surface area contributed by atoms with Gasteiger partial charge in [-0.1, -0.05) is 18.2 Å². The van der Waals surface area contributed by atoms with Crippen molar-refractivity contribution in [1.29, 1.82) is 0 Å². The smallest absolute Gasteiger partial charge is 0.319 e. The molecule has 2 N–H and O–H groups in total. The summed E-state index contributed by atoms with van der Waals surface area (Å²) in [5, 5.41) is 5.48. The van der Waals surface area contributed by atoms with Gasteiger partial charge in [0.05, 0.1) is 12.6 Å². The minimum Gasteiger partial charge on any atom is -0.383 e. The van der Waals surface area contributed by atoms with Gasteiger partial charge in [0.1, 0.15) is 0 Å². The van der Waals surface area contributed by atoms with Crippen molar-refractivity contribution in [3.8, 4) is 0 Å². The minimum atomic E-state index is -0.217. The van der Waals surface area contributed by atoms with Crippen molar-refractivity contribution in [3.63, 3.8) is 0 Å². The van der Waals surface area contributed by atoms with E-state index in [1.54, 1.807) is 7.11 Å². The molecule has 0 aliphatic heterocycles. The number of urea groups is 1. The lowest BCUT2D eigenvalue weighted by Gasteiger charge is -2.13. The Bertz CT molecular complexity index is 301. The summed E-state index contributed by atoms with van der Waals surface area (Å²) in [6.07, 6.45) is 0. The van der Waals surface area contributed by atoms with Crippen LogP contribution in [0.15, 0.2) is 30.3 Å². The molecule has 1 atom stereocenters. The molecule has 0 spiro atoms. The Kier molecular flexibility index (Phi) is 4.63. The molecule has 0 bridgehead atoms. The van der Waals surface area contributed by atoms with E-state index in [1.807, 2.05) is 37.3 Å². The molecule has 0 aromatic heterocycles. The maximum absolute atomic E-state index is 11.4. The monoisotopic (exact) mass is 208 g/mol. The maximum atomic E-state index is 11.4. The molecule has 0 saturated carbocycles. The number of para-hydroxylation sites is 1. The van der Waals surface area contributed by atoms with E-state index in [0.29, 0.717) is 6.61 Å². The fourth-order valence-corrected chi connectivity index (χ4v) is 1.20. The normalized spacial score (nSPS) is 11.9. The summed E-state index contributed by atoms with van der Waals surface area (Å²) in [5.74, 6) is 0. The van der Waals surface area contributed by atoms with E-state index in [1.165, 1.54) is 0 Å². The minimum absolute atomic E-state index is 0.00119. The van der Waals surface area contributed by atoms with Crippen LogP contribution in [0.4, 0.5) is 10.5 Å². The lowest BCUT2D eigenvalue weighted by atomic mass is 10.3. The molecular weight excluding hydrogens is 192 g/mol. The quantitative estimate of drug-likeness (QED) is 0.793. The second-order valence-electron chi connectivity index (χ2n) is 3.32. The van der Waals surface area contributed by atoms with E-state index in [4.69, 9.17) is 4.74 Å². The van der Waals surface area contributed by atoms with Gasteiger partial charge < -0.3 is 15.4 Å².